The number of hydrogen-bond acceptors (Lipinski definition) is 2. The minimum Gasteiger partial charge on any atom is -0.480 e. The molecule has 88 valence electrons. The molecule has 1 saturated carbocycles. The van der Waals surface area contributed by atoms with Gasteiger partial charge in [0.15, 0.2) is 0 Å². The predicted octanol–water partition coefficient (Wildman–Crippen LogP) is 2.68. The van der Waals surface area contributed by atoms with Crippen LogP contribution >= 0.6 is 0 Å². The lowest BCUT2D eigenvalue weighted by atomic mass is 9.88. The normalized spacial score (nSPS) is 24.1. The van der Waals surface area contributed by atoms with Crippen LogP contribution in [0.3, 0.4) is 0 Å². The zero-order valence-corrected chi connectivity index (χ0v) is 9.50. The first-order valence-corrected chi connectivity index (χ1v) is 6.17. The molecule has 3 N–H and O–H groups in total. The van der Waals surface area contributed by atoms with Crippen molar-refractivity contribution < 1.29 is 9.90 Å². The SMILES string of the molecule is NC1(C(=O)O)CCCCCCCCCC1. The van der Waals surface area contributed by atoms with Gasteiger partial charge in [-0.05, 0) is 12.8 Å². The second-order valence-corrected chi connectivity index (χ2v) is 4.79. The third kappa shape index (κ3) is 4.20. The summed E-state index contributed by atoms with van der Waals surface area (Å²) in [6.07, 6.45) is 10.5. The van der Waals surface area contributed by atoms with Crippen LogP contribution < -0.4 is 5.73 Å². The molecule has 1 rings (SSSR count). The smallest absolute Gasteiger partial charge is 0.323 e. The average molecular weight is 213 g/mol. The maximum absolute atomic E-state index is 11.1. The van der Waals surface area contributed by atoms with Crippen molar-refractivity contribution in [2.45, 2.75) is 69.7 Å². The second kappa shape index (κ2) is 6.11. The van der Waals surface area contributed by atoms with Crippen molar-refractivity contribution in [3.63, 3.8) is 0 Å². The summed E-state index contributed by atoms with van der Waals surface area (Å²) >= 11 is 0. The third-order valence-corrected chi connectivity index (χ3v) is 3.42. The van der Waals surface area contributed by atoms with Gasteiger partial charge in [0.25, 0.3) is 0 Å². The Balaban J connectivity index is 2.49. The largest absolute Gasteiger partial charge is 0.480 e. The molecule has 0 aliphatic heterocycles. The molecule has 1 fully saturated rings. The van der Waals surface area contributed by atoms with E-state index in [4.69, 9.17) is 10.8 Å². The van der Waals surface area contributed by atoms with E-state index in [2.05, 4.69) is 0 Å². The lowest BCUT2D eigenvalue weighted by Gasteiger charge is -2.24. The molecule has 0 aromatic heterocycles. The monoisotopic (exact) mass is 213 g/mol. The molecule has 1 aliphatic carbocycles. The van der Waals surface area contributed by atoms with Crippen LogP contribution in [0.4, 0.5) is 0 Å². The fourth-order valence-corrected chi connectivity index (χ4v) is 2.28. The van der Waals surface area contributed by atoms with E-state index in [-0.39, 0.29) is 0 Å². The number of aliphatic carboxylic acids is 1. The van der Waals surface area contributed by atoms with Gasteiger partial charge in [-0.1, -0.05) is 51.4 Å². The zero-order chi connectivity index (χ0) is 11.1. The van der Waals surface area contributed by atoms with Crippen LogP contribution in [0.15, 0.2) is 0 Å². The molecule has 0 amide bonds. The highest BCUT2D eigenvalue weighted by molar-refractivity contribution is 5.78. The van der Waals surface area contributed by atoms with Gasteiger partial charge in [0, 0.05) is 0 Å². The van der Waals surface area contributed by atoms with Gasteiger partial charge in [-0.15, -0.1) is 0 Å². The van der Waals surface area contributed by atoms with E-state index in [1.54, 1.807) is 0 Å². The van der Waals surface area contributed by atoms with Gasteiger partial charge in [0.05, 0.1) is 0 Å². The zero-order valence-electron chi connectivity index (χ0n) is 9.50. The Labute approximate surface area is 92.0 Å². The van der Waals surface area contributed by atoms with Gasteiger partial charge in [-0.2, -0.15) is 0 Å². The summed E-state index contributed by atoms with van der Waals surface area (Å²) < 4.78 is 0. The van der Waals surface area contributed by atoms with Crippen molar-refractivity contribution in [1.82, 2.24) is 0 Å². The number of carboxylic acid groups (broad SMARTS) is 1. The van der Waals surface area contributed by atoms with Gasteiger partial charge >= 0.3 is 5.97 Å². The van der Waals surface area contributed by atoms with Crippen LogP contribution in [0.1, 0.15) is 64.2 Å². The first-order chi connectivity index (χ1) is 7.15. The van der Waals surface area contributed by atoms with E-state index in [1.807, 2.05) is 0 Å². The Morgan fingerprint density at radius 1 is 0.867 bits per heavy atom. The highest BCUT2D eigenvalue weighted by Crippen LogP contribution is 2.23. The fraction of sp³-hybridized carbons (Fsp3) is 0.917. The van der Waals surface area contributed by atoms with Gasteiger partial charge in [0.1, 0.15) is 5.54 Å². The molecule has 0 aromatic carbocycles. The summed E-state index contributed by atoms with van der Waals surface area (Å²) in [6, 6.07) is 0. The van der Waals surface area contributed by atoms with Crippen molar-refractivity contribution in [3.8, 4) is 0 Å². The topological polar surface area (TPSA) is 63.3 Å². The van der Waals surface area contributed by atoms with Crippen LogP contribution in [-0.4, -0.2) is 16.6 Å². The number of nitrogens with two attached hydrogens (primary N) is 1. The molecule has 0 bridgehead atoms. The molecule has 1 aliphatic rings. The summed E-state index contributed by atoms with van der Waals surface area (Å²) in [7, 11) is 0. The molecule has 3 nitrogen and oxygen atoms in total. The first-order valence-electron chi connectivity index (χ1n) is 6.17. The van der Waals surface area contributed by atoms with Crippen LogP contribution in [-0.2, 0) is 4.79 Å². The quantitative estimate of drug-likeness (QED) is 0.704. The predicted molar refractivity (Wildman–Crippen MR) is 60.7 cm³/mol. The molecule has 0 aromatic rings. The molecule has 0 saturated heterocycles. The lowest BCUT2D eigenvalue weighted by molar-refractivity contribution is -0.144. The van der Waals surface area contributed by atoms with E-state index < -0.39 is 11.5 Å². The molecule has 0 heterocycles. The lowest BCUT2D eigenvalue weighted by Crippen LogP contribution is -2.47. The molecule has 3 heteroatoms. The van der Waals surface area contributed by atoms with Crippen molar-refractivity contribution in [1.29, 1.82) is 0 Å². The summed E-state index contributed by atoms with van der Waals surface area (Å²) in [5.41, 5.74) is 4.99. The Morgan fingerprint density at radius 2 is 1.20 bits per heavy atom. The average Bonchev–Trinajstić information content (AvgIpc) is 2.24. The molecule has 15 heavy (non-hydrogen) atoms. The Morgan fingerprint density at radius 3 is 1.53 bits per heavy atom. The molecular weight excluding hydrogens is 190 g/mol. The number of hydrogen-bond donors (Lipinski definition) is 2. The third-order valence-electron chi connectivity index (χ3n) is 3.42. The molecular formula is C12H23NO2. The molecule has 0 atom stereocenters. The first kappa shape index (κ1) is 12.5. The van der Waals surface area contributed by atoms with Gasteiger partial charge < -0.3 is 10.8 Å². The maximum atomic E-state index is 11.1. The summed E-state index contributed by atoms with van der Waals surface area (Å²) in [5.74, 6) is -0.818. The number of rotatable bonds is 1. The van der Waals surface area contributed by atoms with E-state index in [1.165, 1.54) is 25.7 Å². The van der Waals surface area contributed by atoms with Crippen molar-refractivity contribution in [2.75, 3.05) is 0 Å². The minimum absolute atomic E-state index is 0.641. The van der Waals surface area contributed by atoms with Crippen molar-refractivity contribution >= 4 is 5.97 Å². The van der Waals surface area contributed by atoms with E-state index in [9.17, 15) is 4.79 Å². The highest BCUT2D eigenvalue weighted by atomic mass is 16.4. The van der Waals surface area contributed by atoms with E-state index in [0.717, 1.165) is 25.7 Å². The van der Waals surface area contributed by atoms with Crippen LogP contribution in [0.5, 0.6) is 0 Å². The Bertz CT molecular complexity index is 192. The van der Waals surface area contributed by atoms with Crippen LogP contribution in [0, 0.1) is 0 Å². The number of carbonyl (C=O) groups is 1. The molecule has 0 unspecified atom stereocenters. The van der Waals surface area contributed by atoms with E-state index in [0.29, 0.717) is 12.8 Å². The Kier molecular flexibility index (Phi) is 5.09. The fourth-order valence-electron chi connectivity index (χ4n) is 2.28. The van der Waals surface area contributed by atoms with Crippen molar-refractivity contribution in [3.05, 3.63) is 0 Å². The summed E-state index contributed by atoms with van der Waals surface area (Å²) in [5, 5.41) is 9.12. The van der Waals surface area contributed by atoms with Crippen LogP contribution in [0.25, 0.3) is 0 Å². The second-order valence-electron chi connectivity index (χ2n) is 4.79. The van der Waals surface area contributed by atoms with Gasteiger partial charge in [-0.3, -0.25) is 4.79 Å². The summed E-state index contributed by atoms with van der Waals surface area (Å²) in [4.78, 5) is 11.1. The van der Waals surface area contributed by atoms with Crippen LogP contribution in [0.2, 0.25) is 0 Å². The molecule has 0 radical (unpaired) electrons. The maximum Gasteiger partial charge on any atom is 0.323 e. The standard InChI is InChI=1S/C12H23NO2/c13-12(11(14)15)9-7-5-3-1-2-4-6-8-10-12/h1-10,13H2,(H,14,15). The minimum atomic E-state index is -0.954. The Hall–Kier alpha value is -0.570. The van der Waals surface area contributed by atoms with Gasteiger partial charge in [-0.25, -0.2) is 0 Å². The van der Waals surface area contributed by atoms with E-state index >= 15 is 0 Å². The summed E-state index contributed by atoms with van der Waals surface area (Å²) in [6.45, 7) is 0. The number of carboxylic acids is 1. The van der Waals surface area contributed by atoms with Gasteiger partial charge in [0.2, 0.25) is 0 Å². The highest BCUT2D eigenvalue weighted by Gasteiger charge is 2.32. The molecule has 0 spiro atoms. The van der Waals surface area contributed by atoms with Crippen molar-refractivity contribution in [2.24, 2.45) is 5.73 Å².